The van der Waals surface area contributed by atoms with E-state index in [2.05, 4.69) is 10.6 Å². The third kappa shape index (κ3) is 5.74. The molecule has 1 aromatic carbocycles. The molecule has 1 aromatic heterocycles. The molecule has 2 N–H and O–H groups in total. The van der Waals surface area contributed by atoms with Gasteiger partial charge < -0.3 is 14.2 Å². The number of thiophene rings is 1. The Morgan fingerprint density at radius 2 is 1.96 bits per heavy atom. The molecular formula is C16H18N2O6S2. The van der Waals surface area contributed by atoms with E-state index < -0.39 is 16.2 Å². The summed E-state index contributed by atoms with van der Waals surface area (Å²) < 4.78 is 34.6. The van der Waals surface area contributed by atoms with Gasteiger partial charge in [0.25, 0.3) is 0 Å². The summed E-state index contributed by atoms with van der Waals surface area (Å²) >= 11 is 1.01. The summed E-state index contributed by atoms with van der Waals surface area (Å²) in [6, 6.07) is 8.98. The van der Waals surface area contributed by atoms with Gasteiger partial charge in [-0.15, -0.1) is 11.3 Å². The van der Waals surface area contributed by atoms with Crippen molar-refractivity contribution in [1.29, 1.82) is 0 Å². The number of anilines is 1. The maximum Gasteiger partial charge on any atom is 0.411 e. The van der Waals surface area contributed by atoms with Gasteiger partial charge in [0.15, 0.2) is 4.21 Å². The summed E-state index contributed by atoms with van der Waals surface area (Å²) in [5, 5.41) is 5.06. The van der Waals surface area contributed by atoms with Gasteiger partial charge in [0.1, 0.15) is 5.75 Å². The van der Waals surface area contributed by atoms with E-state index in [1.54, 1.807) is 25.1 Å². The van der Waals surface area contributed by atoms with Gasteiger partial charge in [0, 0.05) is 23.6 Å². The van der Waals surface area contributed by atoms with Crippen LogP contribution < -0.4 is 14.8 Å². The van der Waals surface area contributed by atoms with Crippen molar-refractivity contribution >= 4 is 39.1 Å². The fraction of sp³-hybridized carbons (Fsp3) is 0.250. The molecule has 0 fully saturated rings. The minimum atomic E-state index is -4.02. The zero-order chi connectivity index (χ0) is 19.2. The van der Waals surface area contributed by atoms with Crippen molar-refractivity contribution in [2.24, 2.45) is 0 Å². The van der Waals surface area contributed by atoms with E-state index in [1.165, 1.54) is 25.1 Å². The zero-order valence-electron chi connectivity index (χ0n) is 14.1. The molecule has 2 aromatic rings. The van der Waals surface area contributed by atoms with Crippen LogP contribution >= 0.6 is 11.3 Å². The molecule has 1 heterocycles. The van der Waals surface area contributed by atoms with Crippen LogP contribution in [-0.2, 0) is 26.2 Å². The van der Waals surface area contributed by atoms with Crippen molar-refractivity contribution < 1.29 is 26.9 Å². The SMILES string of the molecule is CCOC(=O)Nc1cccc(OS(=O)(=O)c2ccc(CNC(C)=O)s2)c1. The molecule has 140 valence electrons. The standard InChI is InChI=1S/C16H18N2O6S2/c1-3-23-16(20)18-12-5-4-6-13(9-12)24-26(21,22)15-8-7-14(25-15)10-17-11(2)19/h4-9H,3,10H2,1-2H3,(H,17,19)(H,18,20). The summed E-state index contributed by atoms with van der Waals surface area (Å²) in [6.07, 6.45) is -0.645. The minimum Gasteiger partial charge on any atom is -0.450 e. The van der Waals surface area contributed by atoms with Crippen LogP contribution in [0.3, 0.4) is 0 Å². The lowest BCUT2D eigenvalue weighted by atomic mass is 10.3. The third-order valence-corrected chi connectivity index (χ3v) is 5.74. The Morgan fingerprint density at radius 3 is 2.65 bits per heavy atom. The molecule has 2 rings (SSSR count). The quantitative estimate of drug-likeness (QED) is 0.694. The fourth-order valence-electron chi connectivity index (χ4n) is 1.88. The molecule has 0 spiro atoms. The number of carbonyl (C=O) groups is 2. The van der Waals surface area contributed by atoms with E-state index in [4.69, 9.17) is 8.92 Å². The first-order valence-corrected chi connectivity index (χ1v) is 9.84. The highest BCUT2D eigenvalue weighted by molar-refractivity contribution is 7.89. The molecule has 0 saturated heterocycles. The highest BCUT2D eigenvalue weighted by Gasteiger charge is 2.20. The number of hydrogen-bond donors (Lipinski definition) is 2. The number of carbonyl (C=O) groups excluding carboxylic acids is 2. The van der Waals surface area contributed by atoms with Crippen molar-refractivity contribution in [2.45, 2.75) is 24.6 Å². The largest absolute Gasteiger partial charge is 0.450 e. The van der Waals surface area contributed by atoms with Crippen molar-refractivity contribution in [3.63, 3.8) is 0 Å². The van der Waals surface area contributed by atoms with E-state index in [0.29, 0.717) is 10.6 Å². The Kier molecular flexibility index (Phi) is 6.58. The van der Waals surface area contributed by atoms with Crippen molar-refractivity contribution in [3.05, 3.63) is 41.3 Å². The molecule has 8 nitrogen and oxygen atoms in total. The van der Waals surface area contributed by atoms with Gasteiger partial charge in [-0.1, -0.05) is 6.07 Å². The number of ether oxygens (including phenoxy) is 1. The molecule has 0 saturated carbocycles. The van der Waals surface area contributed by atoms with Crippen LogP contribution in [0.4, 0.5) is 10.5 Å². The Morgan fingerprint density at radius 1 is 1.19 bits per heavy atom. The summed E-state index contributed by atoms with van der Waals surface area (Å²) in [7, 11) is -4.02. The summed E-state index contributed by atoms with van der Waals surface area (Å²) in [6.45, 7) is 3.52. The first kappa shape index (κ1) is 19.7. The smallest absolute Gasteiger partial charge is 0.411 e. The highest BCUT2D eigenvalue weighted by atomic mass is 32.3. The minimum absolute atomic E-state index is 0.0154. The van der Waals surface area contributed by atoms with Crippen molar-refractivity contribution in [3.8, 4) is 5.75 Å². The molecular weight excluding hydrogens is 380 g/mol. The molecule has 2 amide bonds. The predicted molar refractivity (Wildman–Crippen MR) is 96.7 cm³/mol. The summed E-state index contributed by atoms with van der Waals surface area (Å²) in [5.41, 5.74) is 0.341. The normalized spacial score (nSPS) is 10.8. The second-order valence-electron chi connectivity index (χ2n) is 5.04. The van der Waals surface area contributed by atoms with Crippen LogP contribution in [0.1, 0.15) is 18.7 Å². The lowest BCUT2D eigenvalue weighted by molar-refractivity contribution is -0.119. The van der Waals surface area contributed by atoms with Crippen molar-refractivity contribution in [1.82, 2.24) is 5.32 Å². The Labute approximate surface area is 155 Å². The van der Waals surface area contributed by atoms with Gasteiger partial charge in [0.05, 0.1) is 13.2 Å². The zero-order valence-corrected chi connectivity index (χ0v) is 15.8. The Hall–Kier alpha value is -2.59. The van der Waals surface area contributed by atoms with E-state index in [0.717, 1.165) is 11.3 Å². The van der Waals surface area contributed by atoms with E-state index >= 15 is 0 Å². The molecule has 0 unspecified atom stereocenters. The molecule has 0 aliphatic heterocycles. The molecule has 10 heteroatoms. The topological polar surface area (TPSA) is 111 Å². The maximum atomic E-state index is 12.4. The number of rotatable bonds is 7. The van der Waals surface area contributed by atoms with Gasteiger partial charge in [-0.25, -0.2) is 4.79 Å². The molecule has 0 aliphatic carbocycles. The molecule has 0 bridgehead atoms. The van der Waals surface area contributed by atoms with Crippen LogP contribution in [0.15, 0.2) is 40.6 Å². The number of hydrogen-bond acceptors (Lipinski definition) is 7. The second kappa shape index (κ2) is 8.68. The maximum absolute atomic E-state index is 12.4. The highest BCUT2D eigenvalue weighted by Crippen LogP contribution is 2.26. The van der Waals surface area contributed by atoms with Crippen LogP contribution in [0.2, 0.25) is 0 Å². The third-order valence-electron chi connectivity index (χ3n) is 2.96. The summed E-state index contributed by atoms with van der Waals surface area (Å²) in [5.74, 6) is -0.152. The molecule has 0 radical (unpaired) electrons. The van der Waals surface area contributed by atoms with Gasteiger partial charge in [-0.3, -0.25) is 10.1 Å². The predicted octanol–water partition coefficient (Wildman–Crippen LogP) is 2.72. The van der Waals surface area contributed by atoms with E-state index in [-0.39, 0.29) is 29.0 Å². The van der Waals surface area contributed by atoms with Crippen LogP contribution in [0, 0.1) is 0 Å². The van der Waals surface area contributed by atoms with E-state index in [1.807, 2.05) is 0 Å². The Balaban J connectivity index is 2.09. The molecule has 26 heavy (non-hydrogen) atoms. The van der Waals surface area contributed by atoms with Crippen molar-refractivity contribution in [2.75, 3.05) is 11.9 Å². The van der Waals surface area contributed by atoms with Crippen LogP contribution in [0.25, 0.3) is 0 Å². The van der Waals surface area contributed by atoms with Gasteiger partial charge in [0.2, 0.25) is 5.91 Å². The van der Waals surface area contributed by atoms with Gasteiger partial charge in [-0.05, 0) is 31.2 Å². The number of amides is 2. The second-order valence-corrected chi connectivity index (χ2v) is 7.98. The number of benzene rings is 1. The van der Waals surface area contributed by atoms with Crippen LogP contribution in [0.5, 0.6) is 5.75 Å². The lowest BCUT2D eigenvalue weighted by Gasteiger charge is -2.08. The molecule has 0 atom stereocenters. The first-order chi connectivity index (χ1) is 12.3. The lowest BCUT2D eigenvalue weighted by Crippen LogP contribution is -2.18. The monoisotopic (exact) mass is 398 g/mol. The van der Waals surface area contributed by atoms with Gasteiger partial charge >= 0.3 is 16.2 Å². The Bertz CT molecular complexity index is 892. The van der Waals surface area contributed by atoms with E-state index in [9.17, 15) is 18.0 Å². The average Bonchev–Trinajstić information content (AvgIpc) is 3.03. The van der Waals surface area contributed by atoms with Crippen LogP contribution in [-0.4, -0.2) is 27.0 Å². The number of nitrogens with one attached hydrogen (secondary N) is 2. The first-order valence-electron chi connectivity index (χ1n) is 7.61. The molecule has 0 aliphatic rings. The fourth-order valence-corrected chi connectivity index (χ4v) is 4.06. The van der Waals surface area contributed by atoms with Gasteiger partial charge in [-0.2, -0.15) is 8.42 Å². The summed E-state index contributed by atoms with van der Waals surface area (Å²) in [4.78, 5) is 23.0. The average molecular weight is 398 g/mol.